The summed E-state index contributed by atoms with van der Waals surface area (Å²) in [4.78, 5) is 40.2. The van der Waals surface area contributed by atoms with Crippen LogP contribution in [0.1, 0.15) is 29.2 Å². The Morgan fingerprint density at radius 1 is 0.812 bits per heavy atom. The Labute approximate surface area is 287 Å². The van der Waals surface area contributed by atoms with E-state index in [4.69, 9.17) is 37.4 Å². The maximum atomic E-state index is 13.6. The molecule has 0 saturated carbocycles. The lowest BCUT2D eigenvalue weighted by Crippen LogP contribution is -2.54. The SMILES string of the molecule is CCOc1cc(/C=C2\C(=O)NC(=O)N(c3ccc(OCc4ccc(Cl)cc4)cc3)C2=O)cc(Cl)c1OCc1c(C)ccc2ccccc12. The molecule has 0 radical (unpaired) electrons. The number of carbonyl (C=O) groups is 3. The highest BCUT2D eigenvalue weighted by Crippen LogP contribution is 2.39. The molecule has 0 aromatic heterocycles. The van der Waals surface area contributed by atoms with E-state index in [1.807, 2.05) is 56.3 Å². The van der Waals surface area contributed by atoms with Crippen LogP contribution in [-0.4, -0.2) is 24.5 Å². The van der Waals surface area contributed by atoms with E-state index >= 15 is 0 Å². The van der Waals surface area contributed by atoms with Crippen molar-refractivity contribution in [2.24, 2.45) is 0 Å². The van der Waals surface area contributed by atoms with E-state index in [1.54, 1.807) is 48.5 Å². The predicted octanol–water partition coefficient (Wildman–Crippen LogP) is 8.68. The van der Waals surface area contributed by atoms with Crippen molar-refractivity contribution in [3.63, 3.8) is 0 Å². The van der Waals surface area contributed by atoms with Gasteiger partial charge in [0, 0.05) is 10.6 Å². The van der Waals surface area contributed by atoms with Gasteiger partial charge in [-0.1, -0.05) is 71.7 Å². The average molecular weight is 682 g/mol. The first-order chi connectivity index (χ1) is 23.2. The van der Waals surface area contributed by atoms with Crippen molar-refractivity contribution in [2.75, 3.05) is 11.5 Å². The molecule has 5 aromatic carbocycles. The molecule has 1 aliphatic heterocycles. The van der Waals surface area contributed by atoms with Gasteiger partial charge < -0.3 is 14.2 Å². The molecular formula is C38H30Cl2N2O6. The topological polar surface area (TPSA) is 94.2 Å². The van der Waals surface area contributed by atoms with Crippen molar-refractivity contribution >= 4 is 63.6 Å². The van der Waals surface area contributed by atoms with Crippen LogP contribution in [0.5, 0.6) is 17.2 Å². The van der Waals surface area contributed by atoms with Crippen LogP contribution in [0.3, 0.4) is 0 Å². The second kappa shape index (κ2) is 14.2. The highest BCUT2D eigenvalue weighted by atomic mass is 35.5. The van der Waals surface area contributed by atoms with Gasteiger partial charge in [-0.25, -0.2) is 9.69 Å². The zero-order valence-corrected chi connectivity index (χ0v) is 27.6. The number of nitrogens with one attached hydrogen (secondary N) is 1. The molecule has 1 heterocycles. The smallest absolute Gasteiger partial charge is 0.335 e. The maximum absolute atomic E-state index is 13.6. The molecule has 6 rings (SSSR count). The monoisotopic (exact) mass is 680 g/mol. The maximum Gasteiger partial charge on any atom is 0.335 e. The molecule has 1 aliphatic rings. The molecule has 4 amide bonds. The molecule has 0 aliphatic carbocycles. The first-order valence-corrected chi connectivity index (χ1v) is 15.9. The van der Waals surface area contributed by atoms with E-state index in [2.05, 4.69) is 11.4 Å². The van der Waals surface area contributed by atoms with E-state index < -0.39 is 17.8 Å². The zero-order valence-electron chi connectivity index (χ0n) is 26.1. The zero-order chi connectivity index (χ0) is 33.8. The number of ether oxygens (including phenoxy) is 3. The van der Waals surface area contributed by atoms with Crippen molar-refractivity contribution in [1.29, 1.82) is 0 Å². The Bertz CT molecular complexity index is 2060. The third-order valence-electron chi connectivity index (χ3n) is 7.79. The van der Waals surface area contributed by atoms with Gasteiger partial charge >= 0.3 is 6.03 Å². The number of fused-ring (bicyclic) bond motifs is 1. The van der Waals surface area contributed by atoms with E-state index in [0.717, 1.165) is 32.4 Å². The number of hydrogen-bond donors (Lipinski definition) is 1. The molecule has 8 nitrogen and oxygen atoms in total. The first-order valence-electron chi connectivity index (χ1n) is 15.2. The molecule has 0 bridgehead atoms. The van der Waals surface area contributed by atoms with Gasteiger partial charge in [-0.15, -0.1) is 0 Å². The molecule has 1 N–H and O–H groups in total. The van der Waals surface area contributed by atoms with Crippen LogP contribution >= 0.6 is 23.2 Å². The first kappa shape index (κ1) is 32.6. The number of hydrogen-bond acceptors (Lipinski definition) is 6. The Morgan fingerprint density at radius 2 is 1.56 bits per heavy atom. The van der Waals surface area contributed by atoms with Crippen molar-refractivity contribution in [3.8, 4) is 17.2 Å². The number of nitrogens with zero attached hydrogens (tertiary/aromatic N) is 1. The van der Waals surface area contributed by atoms with Gasteiger partial charge in [0.05, 0.1) is 17.3 Å². The molecule has 1 fully saturated rings. The van der Waals surface area contributed by atoms with Gasteiger partial charge in [0.2, 0.25) is 0 Å². The third-order valence-corrected chi connectivity index (χ3v) is 8.33. The summed E-state index contributed by atoms with van der Waals surface area (Å²) in [6.07, 6.45) is 1.37. The Hall–Kier alpha value is -5.31. The summed E-state index contributed by atoms with van der Waals surface area (Å²) >= 11 is 12.7. The minimum absolute atomic E-state index is 0.233. The predicted molar refractivity (Wildman–Crippen MR) is 187 cm³/mol. The molecule has 48 heavy (non-hydrogen) atoms. The lowest BCUT2D eigenvalue weighted by molar-refractivity contribution is -0.122. The van der Waals surface area contributed by atoms with Gasteiger partial charge in [0.15, 0.2) is 11.5 Å². The fourth-order valence-corrected chi connectivity index (χ4v) is 5.75. The number of imide groups is 2. The van der Waals surface area contributed by atoms with Crippen LogP contribution in [-0.2, 0) is 22.8 Å². The number of halogens is 2. The second-order valence-corrected chi connectivity index (χ2v) is 11.8. The van der Waals surface area contributed by atoms with Crippen LogP contribution in [0.2, 0.25) is 10.0 Å². The fourth-order valence-electron chi connectivity index (χ4n) is 5.35. The van der Waals surface area contributed by atoms with Gasteiger partial charge in [-0.3, -0.25) is 14.9 Å². The largest absolute Gasteiger partial charge is 0.490 e. The summed E-state index contributed by atoms with van der Waals surface area (Å²) in [5, 5.41) is 5.29. The second-order valence-electron chi connectivity index (χ2n) is 11.0. The van der Waals surface area contributed by atoms with E-state index in [9.17, 15) is 14.4 Å². The van der Waals surface area contributed by atoms with Gasteiger partial charge in [-0.05, 0) is 95.9 Å². The number of amides is 4. The Kier molecular flexibility index (Phi) is 9.66. The Morgan fingerprint density at radius 3 is 2.31 bits per heavy atom. The van der Waals surface area contributed by atoms with E-state index in [-0.39, 0.29) is 22.9 Å². The Balaban J connectivity index is 1.23. The molecule has 0 unspecified atom stereocenters. The van der Waals surface area contributed by atoms with E-state index in [0.29, 0.717) is 41.0 Å². The number of benzene rings is 5. The summed E-state index contributed by atoms with van der Waals surface area (Å²) in [5.74, 6) is -0.408. The quantitative estimate of drug-likeness (QED) is 0.117. The number of barbiturate groups is 1. The summed E-state index contributed by atoms with van der Waals surface area (Å²) in [6, 6.07) is 28.2. The van der Waals surface area contributed by atoms with Gasteiger partial charge in [0.25, 0.3) is 11.8 Å². The summed E-state index contributed by atoms with van der Waals surface area (Å²) < 4.78 is 17.9. The lowest BCUT2D eigenvalue weighted by Gasteiger charge is -2.26. The van der Waals surface area contributed by atoms with Crippen LogP contribution in [0.15, 0.2) is 103 Å². The fraction of sp³-hybridized carbons (Fsp3) is 0.132. The minimum atomic E-state index is -0.863. The van der Waals surface area contributed by atoms with Crippen LogP contribution < -0.4 is 24.4 Å². The van der Waals surface area contributed by atoms with Crippen molar-refractivity contribution in [1.82, 2.24) is 5.32 Å². The summed E-state index contributed by atoms with van der Waals surface area (Å²) in [5.41, 5.74) is 3.44. The summed E-state index contributed by atoms with van der Waals surface area (Å²) in [7, 11) is 0. The third kappa shape index (κ3) is 7.00. The van der Waals surface area contributed by atoms with E-state index in [1.165, 1.54) is 6.08 Å². The molecule has 1 saturated heterocycles. The van der Waals surface area contributed by atoms with Crippen molar-refractivity contribution < 1.29 is 28.6 Å². The number of anilines is 1. The standard InChI is InChI=1S/C38H30Cl2N2O6/c1-3-46-34-20-25(19-33(40)35(34)48-22-32-23(2)8-11-26-6-4-5-7-30(26)32)18-31-36(43)41-38(45)42(37(31)44)28-14-16-29(17-15-28)47-21-24-9-12-27(39)13-10-24/h4-20H,3,21-22H2,1-2H3,(H,41,43,45)/b31-18+. The molecule has 0 atom stereocenters. The molecule has 242 valence electrons. The number of urea groups is 1. The van der Waals surface area contributed by atoms with Crippen molar-refractivity contribution in [3.05, 3.63) is 135 Å². The van der Waals surface area contributed by atoms with Gasteiger partial charge in [0.1, 0.15) is 24.5 Å². The molecule has 10 heteroatoms. The van der Waals surface area contributed by atoms with Crippen LogP contribution in [0, 0.1) is 6.92 Å². The van der Waals surface area contributed by atoms with Gasteiger partial charge in [-0.2, -0.15) is 0 Å². The highest BCUT2D eigenvalue weighted by molar-refractivity contribution is 6.39. The van der Waals surface area contributed by atoms with Crippen LogP contribution in [0.25, 0.3) is 16.8 Å². The highest BCUT2D eigenvalue weighted by Gasteiger charge is 2.37. The normalized spacial score (nSPS) is 14.0. The summed E-state index contributed by atoms with van der Waals surface area (Å²) in [6.45, 7) is 4.72. The lowest BCUT2D eigenvalue weighted by atomic mass is 10.0. The minimum Gasteiger partial charge on any atom is -0.490 e. The van der Waals surface area contributed by atoms with Crippen LogP contribution in [0.4, 0.5) is 10.5 Å². The molecule has 5 aromatic rings. The number of carbonyl (C=O) groups excluding carboxylic acids is 3. The number of rotatable bonds is 10. The number of aryl methyl sites for hydroxylation is 1. The van der Waals surface area contributed by atoms with Crippen molar-refractivity contribution in [2.45, 2.75) is 27.1 Å². The average Bonchev–Trinajstić information content (AvgIpc) is 3.07. The molecular weight excluding hydrogens is 651 g/mol. The molecule has 0 spiro atoms.